The van der Waals surface area contributed by atoms with E-state index in [0.717, 1.165) is 0 Å². The van der Waals surface area contributed by atoms with Crippen LogP contribution in [0.4, 0.5) is 4.39 Å². The van der Waals surface area contributed by atoms with Gasteiger partial charge in [0.15, 0.2) is 6.29 Å². The molecule has 0 bridgehead atoms. The Morgan fingerprint density at radius 1 is 1.31 bits per heavy atom. The van der Waals surface area contributed by atoms with Gasteiger partial charge in [-0.1, -0.05) is 17.8 Å². The van der Waals surface area contributed by atoms with Gasteiger partial charge in [-0.15, -0.1) is 0 Å². The number of rotatable bonds is 3. The van der Waals surface area contributed by atoms with Crippen LogP contribution < -0.4 is 0 Å². The van der Waals surface area contributed by atoms with Gasteiger partial charge in [-0.3, -0.25) is 9.78 Å². The van der Waals surface area contributed by atoms with E-state index in [4.69, 9.17) is 0 Å². The number of benzene rings is 1. The first-order valence-corrected chi connectivity index (χ1v) is 5.30. The van der Waals surface area contributed by atoms with Crippen molar-refractivity contribution in [3.63, 3.8) is 0 Å². The van der Waals surface area contributed by atoms with Gasteiger partial charge in [0.25, 0.3) is 0 Å². The highest BCUT2D eigenvalue weighted by Crippen LogP contribution is 2.28. The Morgan fingerprint density at radius 2 is 2.19 bits per heavy atom. The second-order valence-electron chi connectivity index (χ2n) is 2.92. The van der Waals surface area contributed by atoms with Crippen LogP contribution in [0.3, 0.4) is 0 Å². The topological polar surface area (TPSA) is 42.9 Å². The highest BCUT2D eigenvalue weighted by molar-refractivity contribution is 7.99. The maximum Gasteiger partial charge on any atom is 0.154 e. The monoisotopic (exact) mass is 234 g/mol. The van der Waals surface area contributed by atoms with Gasteiger partial charge in [0.1, 0.15) is 10.8 Å². The van der Waals surface area contributed by atoms with E-state index in [2.05, 4.69) is 9.97 Å². The summed E-state index contributed by atoms with van der Waals surface area (Å²) in [5.74, 6) is -0.524. The van der Waals surface area contributed by atoms with Crippen molar-refractivity contribution in [2.45, 2.75) is 9.92 Å². The molecular weight excluding hydrogens is 227 g/mol. The molecule has 80 valence electrons. The SMILES string of the molecule is O=Cc1c(F)cccc1Sc1cnccn1. The summed E-state index contributed by atoms with van der Waals surface area (Å²) in [6, 6.07) is 4.48. The lowest BCUT2D eigenvalue weighted by atomic mass is 10.2. The van der Waals surface area contributed by atoms with Crippen LogP contribution >= 0.6 is 11.8 Å². The van der Waals surface area contributed by atoms with Crippen molar-refractivity contribution in [3.05, 3.63) is 48.2 Å². The van der Waals surface area contributed by atoms with Gasteiger partial charge in [0, 0.05) is 17.3 Å². The molecule has 1 aromatic carbocycles. The first-order valence-electron chi connectivity index (χ1n) is 4.49. The Kier molecular flexibility index (Phi) is 3.26. The Labute approximate surface area is 95.7 Å². The van der Waals surface area contributed by atoms with Crippen LogP contribution in [0.1, 0.15) is 10.4 Å². The highest BCUT2D eigenvalue weighted by Gasteiger charge is 2.09. The van der Waals surface area contributed by atoms with Crippen LogP contribution in [0.5, 0.6) is 0 Å². The van der Waals surface area contributed by atoms with Gasteiger partial charge < -0.3 is 0 Å². The molecule has 0 radical (unpaired) electrons. The third kappa shape index (κ3) is 2.25. The van der Waals surface area contributed by atoms with Gasteiger partial charge in [0.2, 0.25) is 0 Å². The molecule has 2 aromatic rings. The van der Waals surface area contributed by atoms with Crippen molar-refractivity contribution in [3.8, 4) is 0 Å². The third-order valence-electron chi connectivity index (χ3n) is 1.88. The number of carbonyl (C=O) groups is 1. The number of carbonyl (C=O) groups excluding carboxylic acids is 1. The van der Waals surface area contributed by atoms with Crippen molar-refractivity contribution < 1.29 is 9.18 Å². The van der Waals surface area contributed by atoms with E-state index in [1.165, 1.54) is 17.8 Å². The molecule has 1 aromatic heterocycles. The molecule has 0 N–H and O–H groups in total. The number of halogens is 1. The number of nitrogens with zero attached hydrogens (tertiary/aromatic N) is 2. The maximum absolute atomic E-state index is 13.3. The molecule has 2 rings (SSSR count). The van der Waals surface area contributed by atoms with Crippen molar-refractivity contribution in [1.29, 1.82) is 0 Å². The molecule has 0 aliphatic carbocycles. The molecule has 1 heterocycles. The predicted octanol–water partition coefficient (Wildman–Crippen LogP) is 2.58. The summed E-state index contributed by atoms with van der Waals surface area (Å²) in [6.07, 6.45) is 5.16. The smallest absolute Gasteiger partial charge is 0.154 e. The lowest BCUT2D eigenvalue weighted by molar-refractivity contribution is 0.111. The minimum atomic E-state index is -0.524. The highest BCUT2D eigenvalue weighted by atomic mass is 32.2. The fourth-order valence-electron chi connectivity index (χ4n) is 1.17. The van der Waals surface area contributed by atoms with E-state index in [1.54, 1.807) is 30.7 Å². The lowest BCUT2D eigenvalue weighted by Gasteiger charge is -2.03. The van der Waals surface area contributed by atoms with Crippen LogP contribution in [-0.2, 0) is 0 Å². The molecular formula is C11H7FN2OS. The summed E-state index contributed by atoms with van der Waals surface area (Å²) in [5, 5.41) is 0.621. The molecule has 5 heteroatoms. The Bertz CT molecular complexity index is 505. The van der Waals surface area contributed by atoms with Gasteiger partial charge in [-0.05, 0) is 12.1 Å². The molecule has 16 heavy (non-hydrogen) atoms. The van der Waals surface area contributed by atoms with E-state index in [0.29, 0.717) is 16.2 Å². The molecule has 0 saturated carbocycles. The lowest BCUT2D eigenvalue weighted by Crippen LogP contribution is -1.91. The number of aldehydes is 1. The Balaban J connectivity index is 2.35. The third-order valence-corrected chi connectivity index (χ3v) is 2.88. The van der Waals surface area contributed by atoms with Gasteiger partial charge in [-0.2, -0.15) is 0 Å². The molecule has 0 unspecified atom stereocenters. The van der Waals surface area contributed by atoms with E-state index >= 15 is 0 Å². The number of aromatic nitrogens is 2. The molecule has 0 aliphatic rings. The Morgan fingerprint density at radius 3 is 2.88 bits per heavy atom. The quantitative estimate of drug-likeness (QED) is 0.765. The average Bonchev–Trinajstić information content (AvgIpc) is 2.31. The number of hydrogen-bond acceptors (Lipinski definition) is 4. The molecule has 0 amide bonds. The summed E-state index contributed by atoms with van der Waals surface area (Å²) < 4.78 is 13.3. The summed E-state index contributed by atoms with van der Waals surface area (Å²) in [5.41, 5.74) is 0.0538. The van der Waals surface area contributed by atoms with Gasteiger partial charge >= 0.3 is 0 Å². The van der Waals surface area contributed by atoms with E-state index < -0.39 is 5.82 Å². The van der Waals surface area contributed by atoms with Crippen molar-refractivity contribution >= 4 is 18.0 Å². The minimum absolute atomic E-state index is 0.0538. The molecule has 0 aliphatic heterocycles. The average molecular weight is 234 g/mol. The molecule has 0 saturated heterocycles. The zero-order valence-electron chi connectivity index (χ0n) is 8.13. The fourth-order valence-corrected chi connectivity index (χ4v) is 2.03. The van der Waals surface area contributed by atoms with E-state index in [1.807, 2.05) is 0 Å². The van der Waals surface area contributed by atoms with Crippen LogP contribution in [0.2, 0.25) is 0 Å². The molecule has 0 spiro atoms. The standard InChI is InChI=1S/C11H7FN2OS/c12-9-2-1-3-10(8(9)7-15)16-11-6-13-4-5-14-11/h1-7H. The second-order valence-corrected chi connectivity index (χ2v) is 3.98. The first-order chi connectivity index (χ1) is 7.81. The number of hydrogen-bond donors (Lipinski definition) is 0. The summed E-state index contributed by atoms with van der Waals surface area (Å²) in [6.45, 7) is 0. The van der Waals surface area contributed by atoms with Crippen LogP contribution in [-0.4, -0.2) is 16.3 Å². The summed E-state index contributed by atoms with van der Waals surface area (Å²) in [4.78, 5) is 19.2. The van der Waals surface area contributed by atoms with Crippen molar-refractivity contribution in [1.82, 2.24) is 9.97 Å². The zero-order chi connectivity index (χ0) is 11.4. The minimum Gasteiger partial charge on any atom is -0.298 e. The van der Waals surface area contributed by atoms with Crippen LogP contribution in [0.15, 0.2) is 46.7 Å². The van der Waals surface area contributed by atoms with Crippen LogP contribution in [0, 0.1) is 5.82 Å². The zero-order valence-corrected chi connectivity index (χ0v) is 8.95. The van der Waals surface area contributed by atoms with Gasteiger partial charge in [0.05, 0.1) is 11.8 Å². The van der Waals surface area contributed by atoms with E-state index in [9.17, 15) is 9.18 Å². The van der Waals surface area contributed by atoms with Crippen molar-refractivity contribution in [2.75, 3.05) is 0 Å². The van der Waals surface area contributed by atoms with Gasteiger partial charge in [-0.25, -0.2) is 9.37 Å². The Hall–Kier alpha value is -1.75. The van der Waals surface area contributed by atoms with Crippen molar-refractivity contribution in [2.24, 2.45) is 0 Å². The fraction of sp³-hybridized carbons (Fsp3) is 0. The normalized spacial score (nSPS) is 10.1. The molecule has 3 nitrogen and oxygen atoms in total. The molecule has 0 fully saturated rings. The summed E-state index contributed by atoms with van der Waals surface area (Å²) >= 11 is 1.21. The maximum atomic E-state index is 13.3. The van der Waals surface area contributed by atoms with E-state index in [-0.39, 0.29) is 5.56 Å². The predicted molar refractivity (Wildman–Crippen MR) is 57.9 cm³/mol. The molecule has 0 atom stereocenters. The largest absolute Gasteiger partial charge is 0.298 e. The first kappa shape index (κ1) is 10.8. The summed E-state index contributed by atoms with van der Waals surface area (Å²) in [7, 11) is 0. The van der Waals surface area contributed by atoms with Crippen LogP contribution in [0.25, 0.3) is 0 Å². The second kappa shape index (κ2) is 4.85.